The van der Waals surface area contributed by atoms with Gasteiger partial charge in [0, 0.05) is 0 Å². The van der Waals surface area contributed by atoms with Gasteiger partial charge in [0.1, 0.15) is 0 Å². The second kappa shape index (κ2) is 3.12. The van der Waals surface area contributed by atoms with Crippen LogP contribution in [0.25, 0.3) is 0 Å². The average molecular weight is 188 g/mol. The van der Waals surface area contributed by atoms with Gasteiger partial charge in [0.05, 0.1) is 0 Å². The van der Waals surface area contributed by atoms with Gasteiger partial charge in [-0.1, -0.05) is 26.0 Å². The Morgan fingerprint density at radius 3 is 2.43 bits per heavy atom. The summed E-state index contributed by atoms with van der Waals surface area (Å²) in [5, 5.41) is 0. The van der Waals surface area contributed by atoms with E-state index in [1.807, 2.05) is 0 Å². The summed E-state index contributed by atoms with van der Waals surface area (Å²) < 4.78 is 0. The molecule has 1 aromatic rings. The first kappa shape index (κ1) is 9.76. The summed E-state index contributed by atoms with van der Waals surface area (Å²) in [7, 11) is 0. The standard InChI is InChI=1S/C14H20/c1-10-8-12-6-5-7-14(3,4)13(12)9-11(10)2/h8-9H,5-7H2,1-4H3. The molecule has 0 heterocycles. The number of benzene rings is 1. The molecule has 0 heteroatoms. The highest BCUT2D eigenvalue weighted by Gasteiger charge is 2.27. The number of fused-ring (bicyclic) bond motifs is 1. The number of rotatable bonds is 0. The summed E-state index contributed by atoms with van der Waals surface area (Å²) in [4.78, 5) is 0. The molecule has 0 saturated heterocycles. The van der Waals surface area contributed by atoms with Crippen molar-refractivity contribution in [3.63, 3.8) is 0 Å². The van der Waals surface area contributed by atoms with Crippen molar-refractivity contribution in [2.24, 2.45) is 0 Å². The van der Waals surface area contributed by atoms with Crippen molar-refractivity contribution >= 4 is 0 Å². The van der Waals surface area contributed by atoms with Gasteiger partial charge in [-0.2, -0.15) is 0 Å². The van der Waals surface area contributed by atoms with Crippen LogP contribution >= 0.6 is 0 Å². The van der Waals surface area contributed by atoms with Crippen molar-refractivity contribution in [3.8, 4) is 0 Å². The minimum atomic E-state index is 0.395. The van der Waals surface area contributed by atoms with E-state index in [9.17, 15) is 0 Å². The minimum Gasteiger partial charge on any atom is -0.0558 e. The molecule has 0 spiro atoms. The molecule has 0 aliphatic heterocycles. The molecule has 2 rings (SSSR count). The highest BCUT2D eigenvalue weighted by molar-refractivity contribution is 5.42. The van der Waals surface area contributed by atoms with Crippen molar-refractivity contribution in [3.05, 3.63) is 34.4 Å². The van der Waals surface area contributed by atoms with E-state index in [0.29, 0.717) is 5.41 Å². The zero-order chi connectivity index (χ0) is 10.3. The van der Waals surface area contributed by atoms with Crippen molar-refractivity contribution in [1.29, 1.82) is 0 Å². The van der Waals surface area contributed by atoms with E-state index >= 15 is 0 Å². The fourth-order valence-electron chi connectivity index (χ4n) is 2.57. The maximum absolute atomic E-state index is 2.41. The molecule has 1 aliphatic carbocycles. The van der Waals surface area contributed by atoms with E-state index in [1.165, 1.54) is 30.4 Å². The topological polar surface area (TPSA) is 0 Å². The Bertz CT molecular complexity index is 359. The number of aryl methyl sites for hydroxylation is 3. The minimum absolute atomic E-state index is 0.395. The Balaban J connectivity index is 2.59. The van der Waals surface area contributed by atoms with Gasteiger partial charge in [-0.05, 0) is 60.8 Å². The van der Waals surface area contributed by atoms with E-state index in [1.54, 1.807) is 11.1 Å². The molecule has 1 aromatic carbocycles. The van der Waals surface area contributed by atoms with E-state index in [-0.39, 0.29) is 0 Å². The molecule has 0 atom stereocenters. The molecule has 0 N–H and O–H groups in total. The lowest BCUT2D eigenvalue weighted by atomic mass is 9.72. The van der Waals surface area contributed by atoms with Crippen LogP contribution in [-0.4, -0.2) is 0 Å². The SMILES string of the molecule is Cc1cc2c(cc1C)C(C)(C)CCC2. The molecule has 0 bridgehead atoms. The van der Waals surface area contributed by atoms with Gasteiger partial charge >= 0.3 is 0 Å². The van der Waals surface area contributed by atoms with Crippen LogP contribution in [0.1, 0.15) is 48.9 Å². The summed E-state index contributed by atoms with van der Waals surface area (Å²) >= 11 is 0. The van der Waals surface area contributed by atoms with Crippen LogP contribution in [0.3, 0.4) is 0 Å². The predicted molar refractivity (Wildman–Crippen MR) is 61.9 cm³/mol. The fourth-order valence-corrected chi connectivity index (χ4v) is 2.57. The summed E-state index contributed by atoms with van der Waals surface area (Å²) in [6.07, 6.45) is 3.96. The largest absolute Gasteiger partial charge is 0.0558 e. The molecular formula is C14H20. The lowest BCUT2D eigenvalue weighted by molar-refractivity contribution is 0.431. The normalized spacial score (nSPS) is 19.1. The molecule has 0 radical (unpaired) electrons. The highest BCUT2D eigenvalue weighted by Crippen LogP contribution is 2.37. The van der Waals surface area contributed by atoms with Crippen LogP contribution in [0.4, 0.5) is 0 Å². The molecular weight excluding hydrogens is 168 g/mol. The summed E-state index contributed by atoms with van der Waals surface area (Å²) in [6.45, 7) is 9.19. The maximum atomic E-state index is 2.41. The molecule has 0 nitrogen and oxygen atoms in total. The van der Waals surface area contributed by atoms with E-state index in [2.05, 4.69) is 39.8 Å². The smallest absolute Gasteiger partial charge is 0.0101 e. The van der Waals surface area contributed by atoms with Gasteiger partial charge in [0.25, 0.3) is 0 Å². The average Bonchev–Trinajstić information content (AvgIpc) is 2.08. The third kappa shape index (κ3) is 1.47. The van der Waals surface area contributed by atoms with Gasteiger partial charge in [-0.3, -0.25) is 0 Å². The third-order valence-corrected chi connectivity index (χ3v) is 3.70. The molecule has 0 amide bonds. The van der Waals surface area contributed by atoms with Gasteiger partial charge in [0.15, 0.2) is 0 Å². The van der Waals surface area contributed by atoms with E-state index < -0.39 is 0 Å². The zero-order valence-electron chi connectivity index (χ0n) is 9.78. The first-order valence-corrected chi connectivity index (χ1v) is 5.61. The molecule has 0 saturated carbocycles. The van der Waals surface area contributed by atoms with E-state index in [4.69, 9.17) is 0 Å². The van der Waals surface area contributed by atoms with Crippen LogP contribution in [-0.2, 0) is 11.8 Å². The van der Waals surface area contributed by atoms with Crippen LogP contribution in [0.5, 0.6) is 0 Å². The lowest BCUT2D eigenvalue weighted by Crippen LogP contribution is -2.24. The number of hydrogen-bond donors (Lipinski definition) is 0. The third-order valence-electron chi connectivity index (χ3n) is 3.70. The quantitative estimate of drug-likeness (QED) is 0.579. The lowest BCUT2D eigenvalue weighted by Gasteiger charge is -2.33. The maximum Gasteiger partial charge on any atom is -0.0101 e. The fraction of sp³-hybridized carbons (Fsp3) is 0.571. The molecule has 0 fully saturated rings. The predicted octanol–water partition coefficient (Wildman–Crippen LogP) is 3.92. The summed E-state index contributed by atoms with van der Waals surface area (Å²) in [5.41, 5.74) is 6.46. The summed E-state index contributed by atoms with van der Waals surface area (Å²) in [6, 6.07) is 4.80. The Hall–Kier alpha value is -0.780. The Kier molecular flexibility index (Phi) is 2.17. The number of hydrogen-bond acceptors (Lipinski definition) is 0. The van der Waals surface area contributed by atoms with Crippen LogP contribution < -0.4 is 0 Å². The van der Waals surface area contributed by atoms with Crippen molar-refractivity contribution < 1.29 is 0 Å². The Morgan fingerprint density at radius 1 is 1.07 bits per heavy atom. The second-order valence-corrected chi connectivity index (χ2v) is 5.33. The first-order chi connectivity index (χ1) is 6.50. The van der Waals surface area contributed by atoms with Gasteiger partial charge in [-0.25, -0.2) is 0 Å². The second-order valence-electron chi connectivity index (χ2n) is 5.33. The van der Waals surface area contributed by atoms with Gasteiger partial charge in [0.2, 0.25) is 0 Å². The summed E-state index contributed by atoms with van der Waals surface area (Å²) in [5.74, 6) is 0. The van der Waals surface area contributed by atoms with Crippen LogP contribution in [0.2, 0.25) is 0 Å². The Morgan fingerprint density at radius 2 is 1.71 bits per heavy atom. The molecule has 76 valence electrons. The van der Waals surface area contributed by atoms with Crippen LogP contribution in [0, 0.1) is 13.8 Å². The monoisotopic (exact) mass is 188 g/mol. The zero-order valence-corrected chi connectivity index (χ0v) is 9.78. The Labute approximate surface area is 87.3 Å². The molecule has 0 unspecified atom stereocenters. The van der Waals surface area contributed by atoms with Crippen molar-refractivity contribution in [1.82, 2.24) is 0 Å². The molecule has 14 heavy (non-hydrogen) atoms. The molecule has 1 aliphatic rings. The van der Waals surface area contributed by atoms with Crippen molar-refractivity contribution in [2.45, 2.75) is 52.4 Å². The molecule has 0 aromatic heterocycles. The first-order valence-electron chi connectivity index (χ1n) is 5.61. The van der Waals surface area contributed by atoms with E-state index in [0.717, 1.165) is 0 Å². The highest BCUT2D eigenvalue weighted by atomic mass is 14.3. The van der Waals surface area contributed by atoms with Crippen molar-refractivity contribution in [2.75, 3.05) is 0 Å². The van der Waals surface area contributed by atoms with Crippen LogP contribution in [0.15, 0.2) is 12.1 Å². The van der Waals surface area contributed by atoms with Gasteiger partial charge in [-0.15, -0.1) is 0 Å². The van der Waals surface area contributed by atoms with Gasteiger partial charge < -0.3 is 0 Å².